The lowest BCUT2D eigenvalue weighted by molar-refractivity contribution is 0.0949. The molecule has 3 N–H and O–H groups in total. The lowest BCUT2D eigenvalue weighted by Crippen LogP contribution is -2.18. The third-order valence-corrected chi connectivity index (χ3v) is 1.22. The maximum atomic E-state index is 11.2. The summed E-state index contributed by atoms with van der Waals surface area (Å²) in [5, 5.41) is 8.35. The second kappa shape index (κ2) is 3.70. The largest absolute Gasteiger partial charge is 0.293 e. The molecule has 0 radical (unpaired) electrons. The number of carbonyl (C=O) groups is 1. The molecule has 0 saturated heterocycles. The molecule has 6 nitrogen and oxygen atoms in total. The van der Waals surface area contributed by atoms with Crippen molar-refractivity contribution < 1.29 is 4.79 Å². The Morgan fingerprint density at radius 3 is 2.62 bits per heavy atom. The van der Waals surface area contributed by atoms with Gasteiger partial charge < -0.3 is 0 Å². The van der Waals surface area contributed by atoms with E-state index in [4.69, 9.17) is 0 Å². The Morgan fingerprint density at radius 1 is 1.46 bits per heavy atom. The molecule has 0 aliphatic heterocycles. The highest BCUT2D eigenvalue weighted by Crippen LogP contribution is 1.86. The fourth-order valence-corrected chi connectivity index (χ4v) is 0.677. The molecule has 0 bridgehead atoms. The Morgan fingerprint density at radius 2 is 2.15 bits per heavy atom. The van der Waals surface area contributed by atoms with E-state index in [-0.39, 0.29) is 11.3 Å². The first-order chi connectivity index (χ1) is 6.09. The molecule has 1 heterocycles. The summed E-state index contributed by atoms with van der Waals surface area (Å²) in [6.45, 7) is 3.50. The van der Waals surface area contributed by atoms with Crippen molar-refractivity contribution >= 4 is 11.6 Å². The molecule has 0 fully saturated rings. The Kier molecular flexibility index (Phi) is 2.63. The summed E-state index contributed by atoms with van der Waals surface area (Å²) in [5.74, 6) is -0.445. The number of H-pyrrole nitrogens is 2. The maximum absolute atomic E-state index is 11.2. The predicted molar refractivity (Wildman–Crippen MR) is 47.7 cm³/mol. The lowest BCUT2D eigenvalue weighted by atomic mass is 10.4. The molecule has 6 heteroatoms. The number of amides is 1. The number of aromatic nitrogens is 2. The molecule has 1 aromatic rings. The van der Waals surface area contributed by atoms with Crippen molar-refractivity contribution in [2.24, 2.45) is 5.10 Å². The molecule has 13 heavy (non-hydrogen) atoms. The zero-order chi connectivity index (χ0) is 9.84. The minimum Gasteiger partial charge on any atom is -0.293 e. The summed E-state index contributed by atoms with van der Waals surface area (Å²) >= 11 is 0. The Labute approximate surface area is 74.0 Å². The number of carbonyl (C=O) groups excluding carboxylic acids is 1. The normalized spacial score (nSPS) is 9.38. The van der Waals surface area contributed by atoms with Crippen molar-refractivity contribution in [3.05, 3.63) is 22.1 Å². The quantitative estimate of drug-likeness (QED) is 0.437. The summed E-state index contributed by atoms with van der Waals surface area (Å²) in [4.78, 5) is 21.8. The van der Waals surface area contributed by atoms with Gasteiger partial charge in [-0.25, -0.2) is 5.43 Å². The van der Waals surface area contributed by atoms with Crippen LogP contribution in [0.1, 0.15) is 24.3 Å². The molecular formula is C7H10N4O2. The van der Waals surface area contributed by atoms with Gasteiger partial charge in [0, 0.05) is 11.8 Å². The van der Waals surface area contributed by atoms with Crippen LogP contribution in [0.25, 0.3) is 0 Å². The first kappa shape index (κ1) is 9.24. The van der Waals surface area contributed by atoms with Crippen LogP contribution in [-0.4, -0.2) is 21.8 Å². The summed E-state index contributed by atoms with van der Waals surface area (Å²) in [7, 11) is 0. The van der Waals surface area contributed by atoms with Crippen LogP contribution in [0.4, 0.5) is 0 Å². The molecule has 0 aromatic carbocycles. The number of hydrazone groups is 1. The minimum absolute atomic E-state index is 0.162. The van der Waals surface area contributed by atoms with Crippen molar-refractivity contribution in [3.63, 3.8) is 0 Å². The van der Waals surface area contributed by atoms with Gasteiger partial charge in [-0.3, -0.25) is 19.8 Å². The number of nitrogens with one attached hydrogen (secondary N) is 3. The molecule has 0 aliphatic rings. The van der Waals surface area contributed by atoms with E-state index in [0.29, 0.717) is 0 Å². The Hall–Kier alpha value is -1.85. The van der Waals surface area contributed by atoms with Gasteiger partial charge in [0.25, 0.3) is 11.5 Å². The summed E-state index contributed by atoms with van der Waals surface area (Å²) in [5.41, 5.74) is 2.82. The summed E-state index contributed by atoms with van der Waals surface area (Å²) in [6.07, 6.45) is 0. The van der Waals surface area contributed by atoms with E-state index < -0.39 is 5.91 Å². The van der Waals surface area contributed by atoms with Gasteiger partial charge in [0.2, 0.25) is 0 Å². The molecule has 0 unspecified atom stereocenters. The molecule has 70 valence electrons. The van der Waals surface area contributed by atoms with E-state index in [1.54, 1.807) is 13.8 Å². The third-order valence-electron chi connectivity index (χ3n) is 1.22. The van der Waals surface area contributed by atoms with Crippen LogP contribution in [0.3, 0.4) is 0 Å². The van der Waals surface area contributed by atoms with Crippen molar-refractivity contribution in [2.75, 3.05) is 0 Å². The molecule has 1 aromatic heterocycles. The van der Waals surface area contributed by atoms with E-state index in [1.165, 1.54) is 0 Å². The third kappa shape index (κ3) is 2.58. The molecule has 0 saturated carbocycles. The second-order valence-corrected chi connectivity index (χ2v) is 2.67. The monoisotopic (exact) mass is 182 g/mol. The van der Waals surface area contributed by atoms with Crippen LogP contribution in [0.2, 0.25) is 0 Å². The number of hydrogen-bond acceptors (Lipinski definition) is 3. The average Bonchev–Trinajstić information content (AvgIpc) is 2.47. The second-order valence-electron chi connectivity index (χ2n) is 2.67. The van der Waals surface area contributed by atoms with Crippen molar-refractivity contribution in [3.8, 4) is 0 Å². The number of hydrogen-bond donors (Lipinski definition) is 3. The fourth-order valence-electron chi connectivity index (χ4n) is 0.677. The van der Waals surface area contributed by atoms with Gasteiger partial charge in [-0.1, -0.05) is 0 Å². The zero-order valence-electron chi connectivity index (χ0n) is 7.34. The standard InChI is InChI=1S/C7H10N4O2/c1-4(2)8-11-7(13)5-3-6(12)10-9-5/h3H,1-2H3,(H,11,13)(H2,9,10,12). The van der Waals surface area contributed by atoms with Crippen molar-refractivity contribution in [2.45, 2.75) is 13.8 Å². The minimum atomic E-state index is -0.445. The van der Waals surface area contributed by atoms with Gasteiger partial charge in [-0.05, 0) is 13.8 Å². The number of rotatable bonds is 2. The highest BCUT2D eigenvalue weighted by Gasteiger charge is 2.05. The molecule has 0 aliphatic carbocycles. The molecule has 0 atom stereocenters. The highest BCUT2D eigenvalue weighted by atomic mass is 16.2. The van der Waals surface area contributed by atoms with Crippen LogP contribution in [0.5, 0.6) is 0 Å². The van der Waals surface area contributed by atoms with E-state index in [2.05, 4.69) is 20.7 Å². The van der Waals surface area contributed by atoms with Crippen LogP contribution >= 0.6 is 0 Å². The molecule has 1 amide bonds. The molecule has 0 spiro atoms. The van der Waals surface area contributed by atoms with Crippen LogP contribution < -0.4 is 11.0 Å². The van der Waals surface area contributed by atoms with E-state index in [0.717, 1.165) is 11.8 Å². The van der Waals surface area contributed by atoms with Gasteiger partial charge in [-0.15, -0.1) is 0 Å². The Bertz CT molecular complexity index is 383. The van der Waals surface area contributed by atoms with E-state index >= 15 is 0 Å². The number of nitrogens with zero attached hydrogens (tertiary/aromatic N) is 1. The van der Waals surface area contributed by atoms with Crippen molar-refractivity contribution in [1.29, 1.82) is 0 Å². The van der Waals surface area contributed by atoms with Gasteiger partial charge in [0.1, 0.15) is 5.69 Å². The topological polar surface area (TPSA) is 90.1 Å². The van der Waals surface area contributed by atoms with E-state index in [1.807, 2.05) is 0 Å². The van der Waals surface area contributed by atoms with Gasteiger partial charge >= 0.3 is 0 Å². The smallest absolute Gasteiger partial charge is 0.289 e. The summed E-state index contributed by atoms with van der Waals surface area (Å²) in [6, 6.07) is 1.16. The first-order valence-corrected chi connectivity index (χ1v) is 3.68. The maximum Gasteiger partial charge on any atom is 0.289 e. The van der Waals surface area contributed by atoms with E-state index in [9.17, 15) is 9.59 Å². The van der Waals surface area contributed by atoms with Gasteiger partial charge in [0.05, 0.1) is 0 Å². The lowest BCUT2D eigenvalue weighted by Gasteiger charge is -1.95. The summed E-state index contributed by atoms with van der Waals surface area (Å²) < 4.78 is 0. The first-order valence-electron chi connectivity index (χ1n) is 3.68. The van der Waals surface area contributed by atoms with Gasteiger partial charge in [-0.2, -0.15) is 5.10 Å². The molecule has 1 rings (SSSR count). The van der Waals surface area contributed by atoms with Crippen LogP contribution in [0.15, 0.2) is 16.0 Å². The zero-order valence-corrected chi connectivity index (χ0v) is 7.34. The highest BCUT2D eigenvalue weighted by molar-refractivity contribution is 5.93. The number of aromatic amines is 2. The van der Waals surface area contributed by atoms with Gasteiger partial charge in [0.15, 0.2) is 0 Å². The van der Waals surface area contributed by atoms with Crippen molar-refractivity contribution in [1.82, 2.24) is 15.6 Å². The Balaban J connectivity index is 2.70. The van der Waals surface area contributed by atoms with Crippen LogP contribution in [-0.2, 0) is 0 Å². The SMILES string of the molecule is CC(C)=NNC(=O)c1cc(=O)[nH][nH]1. The van der Waals surface area contributed by atoms with Crippen LogP contribution in [0, 0.1) is 0 Å². The predicted octanol–water partition coefficient (Wildman–Crippen LogP) is -0.171. The molecular weight excluding hydrogens is 172 g/mol. The average molecular weight is 182 g/mol. The fraction of sp³-hybridized carbons (Fsp3) is 0.286.